The van der Waals surface area contributed by atoms with Crippen molar-refractivity contribution >= 4 is 50.5 Å². The zero-order valence-corrected chi connectivity index (χ0v) is 16.8. The Morgan fingerprint density at radius 2 is 2.10 bits per heavy atom. The molecule has 3 aromatic heterocycles. The summed E-state index contributed by atoms with van der Waals surface area (Å²) in [5.74, 6) is -2.62. The zero-order valence-electron chi connectivity index (χ0n) is 15.2. The number of pyridine rings is 1. The minimum atomic E-state index is -2.15. The van der Waals surface area contributed by atoms with E-state index in [0.717, 1.165) is 9.99 Å². The molecule has 2 atom stereocenters. The summed E-state index contributed by atoms with van der Waals surface area (Å²) in [7, 11) is 0. The van der Waals surface area contributed by atoms with Crippen LogP contribution in [0.3, 0.4) is 0 Å². The molecule has 14 heteroatoms. The zero-order chi connectivity index (χ0) is 21.4. The summed E-state index contributed by atoms with van der Waals surface area (Å²) in [5, 5.41) is 38.2. The number of nitrogens with one attached hydrogen (secondary N) is 1. The number of aliphatic hydroxyl groups is 1. The van der Waals surface area contributed by atoms with Gasteiger partial charge in [0.1, 0.15) is 6.33 Å². The van der Waals surface area contributed by atoms with E-state index < -0.39 is 24.1 Å². The lowest BCUT2D eigenvalue weighted by molar-refractivity contribution is -0.171. The van der Waals surface area contributed by atoms with E-state index in [-0.39, 0.29) is 12.8 Å². The molecule has 1 aliphatic heterocycles. The van der Waals surface area contributed by atoms with E-state index in [1.54, 1.807) is 16.9 Å². The number of aromatic nitrogens is 5. The molecular weight excluding hydrogens is 466 g/mol. The van der Waals surface area contributed by atoms with Crippen molar-refractivity contribution in [3.8, 4) is 0 Å². The van der Waals surface area contributed by atoms with E-state index in [9.17, 15) is 14.7 Å². The van der Waals surface area contributed by atoms with E-state index in [2.05, 4.69) is 41.4 Å². The maximum atomic E-state index is 11.1. The summed E-state index contributed by atoms with van der Waals surface area (Å²) in [6.45, 7) is 0.821. The third kappa shape index (κ3) is 3.77. The number of carboxylic acid groups (broad SMARTS) is 2. The van der Waals surface area contributed by atoms with Crippen LogP contribution in [0.2, 0.25) is 0 Å². The van der Waals surface area contributed by atoms with Crippen LogP contribution in [0, 0.1) is 0 Å². The van der Waals surface area contributed by atoms with Crippen molar-refractivity contribution in [2.45, 2.75) is 18.2 Å². The van der Waals surface area contributed by atoms with E-state index in [1.807, 2.05) is 11.0 Å². The van der Waals surface area contributed by atoms with E-state index in [1.165, 1.54) is 0 Å². The number of carbonyl (C=O) groups is 2. The van der Waals surface area contributed by atoms with Crippen LogP contribution in [0.15, 0.2) is 23.1 Å². The highest BCUT2D eigenvalue weighted by atomic mass is 79.9. The van der Waals surface area contributed by atoms with Gasteiger partial charge in [-0.05, 0) is 22.0 Å². The normalized spacial score (nSPS) is 16.5. The van der Waals surface area contributed by atoms with Gasteiger partial charge in [-0.3, -0.25) is 9.72 Å². The summed E-state index contributed by atoms with van der Waals surface area (Å²) >= 11 is 3.39. The number of ether oxygens (including phenoxy) is 1. The van der Waals surface area contributed by atoms with Gasteiger partial charge in [0.2, 0.25) is 5.65 Å². The summed E-state index contributed by atoms with van der Waals surface area (Å²) < 4.78 is 7.59. The quantitative estimate of drug-likeness (QED) is 0.291. The molecule has 4 N–H and O–H groups in total. The van der Waals surface area contributed by atoms with Crippen LogP contribution >= 0.6 is 15.9 Å². The van der Waals surface area contributed by atoms with E-state index >= 15 is 0 Å². The molecule has 1 saturated heterocycles. The van der Waals surface area contributed by atoms with Gasteiger partial charge in [0.25, 0.3) is 0 Å². The van der Waals surface area contributed by atoms with E-state index in [4.69, 9.17) is 14.9 Å². The van der Waals surface area contributed by atoms with Gasteiger partial charge in [-0.1, -0.05) is 0 Å². The van der Waals surface area contributed by atoms with Gasteiger partial charge in [-0.25, -0.2) is 19.6 Å². The Morgan fingerprint density at radius 3 is 2.80 bits per heavy atom. The fraction of sp³-hybridized carbons (Fsp3) is 0.375. The first-order valence-corrected chi connectivity index (χ1v) is 9.53. The monoisotopic (exact) mass is 481 g/mol. The fourth-order valence-electron chi connectivity index (χ4n) is 3.07. The van der Waals surface area contributed by atoms with Gasteiger partial charge in [-0.15, -0.1) is 10.2 Å². The van der Waals surface area contributed by atoms with Crippen molar-refractivity contribution < 1.29 is 29.6 Å². The number of carboxylic acids is 2. The number of hydrogen-bond donors (Lipinski definition) is 4. The third-order valence-corrected chi connectivity index (χ3v) is 5.07. The standard InChI is InChI=1S/C16H16BrN7O6/c17-7-1-9-12(18-2-7)21-13(14-22-20-5-24(9)14)23-3-8(4-23)19-6-30-11(16(28)29)10(25)15(26)27/h1-2,5,8,10-11,19,25H,3-4,6H2,(H,26,27)(H,28,29)/t10-,11-/m1/s1. The van der Waals surface area contributed by atoms with Gasteiger partial charge in [0.05, 0.1) is 12.2 Å². The molecule has 4 heterocycles. The maximum absolute atomic E-state index is 11.1. The average Bonchev–Trinajstić information content (AvgIpc) is 3.16. The maximum Gasteiger partial charge on any atom is 0.336 e. The lowest BCUT2D eigenvalue weighted by Gasteiger charge is -2.40. The number of aliphatic hydroxyl groups excluding tert-OH is 1. The summed E-state index contributed by atoms with van der Waals surface area (Å²) in [4.78, 5) is 32.7. The number of fused-ring (bicyclic) bond motifs is 3. The molecule has 0 aliphatic carbocycles. The molecule has 0 radical (unpaired) electrons. The molecule has 0 amide bonds. The Labute approximate surface area is 176 Å². The largest absolute Gasteiger partial charge is 0.479 e. The number of rotatable bonds is 8. The van der Waals surface area contributed by atoms with Crippen molar-refractivity contribution in [2.75, 3.05) is 24.7 Å². The molecule has 4 rings (SSSR count). The minimum Gasteiger partial charge on any atom is -0.479 e. The Kier molecular flexibility index (Phi) is 5.46. The predicted octanol–water partition coefficient (Wildman–Crippen LogP) is -0.914. The molecule has 0 bridgehead atoms. The first kappa shape index (κ1) is 20.3. The molecule has 3 aromatic rings. The van der Waals surface area contributed by atoms with Crippen LogP contribution in [-0.2, 0) is 14.3 Å². The molecular formula is C16H16BrN7O6. The molecule has 0 unspecified atom stereocenters. The van der Waals surface area contributed by atoms with Crippen molar-refractivity contribution in [2.24, 2.45) is 0 Å². The second kappa shape index (κ2) is 8.06. The Hall–Kier alpha value is -2.94. The first-order chi connectivity index (χ1) is 14.3. The molecule has 1 fully saturated rings. The second-order valence-electron chi connectivity index (χ2n) is 6.62. The SMILES string of the molecule is O=C(O)[C@H](O)[C@@H](OCNC1CN(c2nc3ncc(Br)cc3n3cnnc23)C1)C(=O)O. The van der Waals surface area contributed by atoms with Crippen LogP contribution in [0.1, 0.15) is 0 Å². The first-order valence-electron chi connectivity index (χ1n) is 8.73. The number of hydrogen-bond acceptors (Lipinski definition) is 10. The summed E-state index contributed by atoms with van der Waals surface area (Å²) in [6, 6.07) is 1.82. The van der Waals surface area contributed by atoms with Crippen molar-refractivity contribution in [1.29, 1.82) is 0 Å². The lowest BCUT2D eigenvalue weighted by Crippen LogP contribution is -2.59. The molecule has 13 nitrogen and oxygen atoms in total. The number of halogens is 1. The topological polar surface area (TPSA) is 175 Å². The number of aliphatic carboxylic acids is 2. The highest BCUT2D eigenvalue weighted by Gasteiger charge is 2.34. The smallest absolute Gasteiger partial charge is 0.336 e. The second-order valence-corrected chi connectivity index (χ2v) is 7.53. The summed E-state index contributed by atoms with van der Waals surface area (Å²) in [5.41, 5.74) is 1.87. The molecule has 0 spiro atoms. The lowest BCUT2D eigenvalue weighted by atomic mass is 10.1. The minimum absolute atomic E-state index is 0.0558. The van der Waals surface area contributed by atoms with Crippen molar-refractivity contribution in [1.82, 2.24) is 29.9 Å². The Bertz CT molecular complexity index is 1120. The van der Waals surface area contributed by atoms with Crippen LogP contribution in [0.25, 0.3) is 16.8 Å². The Morgan fingerprint density at radius 1 is 1.33 bits per heavy atom. The molecule has 0 saturated carbocycles. The summed E-state index contributed by atoms with van der Waals surface area (Å²) in [6.07, 6.45) is -0.787. The van der Waals surface area contributed by atoms with Gasteiger partial charge < -0.3 is 25.0 Å². The Balaban J connectivity index is 1.40. The predicted molar refractivity (Wildman–Crippen MR) is 104 cm³/mol. The van der Waals surface area contributed by atoms with Crippen molar-refractivity contribution in [3.05, 3.63) is 23.1 Å². The van der Waals surface area contributed by atoms with Crippen LogP contribution < -0.4 is 10.2 Å². The van der Waals surface area contributed by atoms with E-state index in [0.29, 0.717) is 30.2 Å². The molecule has 158 valence electrons. The number of anilines is 1. The molecule has 30 heavy (non-hydrogen) atoms. The van der Waals surface area contributed by atoms with Crippen LogP contribution in [0.4, 0.5) is 5.82 Å². The van der Waals surface area contributed by atoms with Gasteiger partial charge in [-0.2, -0.15) is 0 Å². The van der Waals surface area contributed by atoms with Gasteiger partial charge >= 0.3 is 11.9 Å². The van der Waals surface area contributed by atoms with Crippen LogP contribution in [0.5, 0.6) is 0 Å². The number of nitrogens with zero attached hydrogens (tertiary/aromatic N) is 6. The van der Waals surface area contributed by atoms with Gasteiger partial charge in [0, 0.05) is 29.8 Å². The highest BCUT2D eigenvalue weighted by Crippen LogP contribution is 2.26. The molecule has 1 aliphatic rings. The van der Waals surface area contributed by atoms with Crippen molar-refractivity contribution in [3.63, 3.8) is 0 Å². The average molecular weight is 482 g/mol. The fourth-order valence-corrected chi connectivity index (χ4v) is 3.39. The molecule has 0 aromatic carbocycles. The van der Waals surface area contributed by atoms with Crippen LogP contribution in [-0.4, -0.2) is 89.9 Å². The third-order valence-electron chi connectivity index (χ3n) is 4.63. The van der Waals surface area contributed by atoms with Gasteiger partial charge in [0.15, 0.2) is 23.7 Å². The highest BCUT2D eigenvalue weighted by molar-refractivity contribution is 9.10.